The minimum Gasteiger partial charge on any atom is -0.383 e. The summed E-state index contributed by atoms with van der Waals surface area (Å²) in [4.78, 5) is 0.348. The minimum absolute atomic E-state index is 0.109. The first-order chi connectivity index (χ1) is 9.03. The van der Waals surface area contributed by atoms with Crippen LogP contribution in [0.4, 0.5) is 5.69 Å². The maximum atomic E-state index is 11.7. The van der Waals surface area contributed by atoms with Gasteiger partial charge in [0.05, 0.1) is 23.3 Å². The van der Waals surface area contributed by atoms with Crippen LogP contribution >= 0.6 is 11.6 Å². The zero-order valence-electron chi connectivity index (χ0n) is 11.2. The van der Waals surface area contributed by atoms with E-state index in [-0.39, 0.29) is 11.8 Å². The monoisotopic (exact) mass is 305 g/mol. The Kier molecular flexibility index (Phi) is 6.62. The van der Waals surface area contributed by atoms with Crippen molar-refractivity contribution in [1.82, 2.24) is 0 Å². The van der Waals surface area contributed by atoms with Crippen molar-refractivity contribution in [2.45, 2.75) is 24.3 Å². The highest BCUT2D eigenvalue weighted by Gasteiger charge is 2.12. The molecular formula is C13H20ClNO3S. The van der Waals surface area contributed by atoms with Crippen LogP contribution in [0.25, 0.3) is 0 Å². The van der Waals surface area contributed by atoms with Crippen molar-refractivity contribution in [3.63, 3.8) is 0 Å². The predicted molar refractivity (Wildman–Crippen MR) is 78.8 cm³/mol. The molecular weight excluding hydrogens is 286 g/mol. The zero-order chi connectivity index (χ0) is 14.3. The zero-order valence-corrected chi connectivity index (χ0v) is 12.8. The average Bonchev–Trinajstić information content (AvgIpc) is 2.40. The number of ether oxygens (including phenoxy) is 1. The highest BCUT2D eigenvalue weighted by Crippen LogP contribution is 2.16. The molecule has 1 rings (SSSR count). The summed E-state index contributed by atoms with van der Waals surface area (Å²) in [7, 11) is -1.50. The number of alkyl halides is 1. The van der Waals surface area contributed by atoms with Crippen molar-refractivity contribution in [1.29, 1.82) is 0 Å². The SMILES string of the molecule is CCS(=O)(=O)c1ccc(NC(CCCl)COC)cc1. The third-order valence-corrected chi connectivity index (χ3v) is 4.76. The van der Waals surface area contributed by atoms with E-state index in [0.29, 0.717) is 17.4 Å². The van der Waals surface area contributed by atoms with Crippen LogP contribution in [0.15, 0.2) is 29.2 Å². The fourth-order valence-electron chi connectivity index (χ4n) is 1.69. The number of sulfone groups is 1. The van der Waals surface area contributed by atoms with E-state index in [1.165, 1.54) is 0 Å². The Bertz CT molecular complexity index is 467. The smallest absolute Gasteiger partial charge is 0.178 e. The normalized spacial score (nSPS) is 13.2. The second-order valence-corrected chi connectivity index (χ2v) is 6.86. The molecule has 0 saturated carbocycles. The lowest BCUT2D eigenvalue weighted by Crippen LogP contribution is -2.25. The van der Waals surface area contributed by atoms with Gasteiger partial charge in [-0.2, -0.15) is 0 Å². The fourth-order valence-corrected chi connectivity index (χ4v) is 2.84. The molecule has 4 nitrogen and oxygen atoms in total. The number of halogens is 1. The summed E-state index contributed by atoms with van der Waals surface area (Å²) in [6.07, 6.45) is 0.782. The lowest BCUT2D eigenvalue weighted by atomic mass is 10.2. The Hall–Kier alpha value is -0.780. The predicted octanol–water partition coefficient (Wildman–Crippen LogP) is 2.54. The molecule has 0 saturated heterocycles. The Morgan fingerprint density at radius 1 is 1.32 bits per heavy atom. The first-order valence-corrected chi connectivity index (χ1v) is 8.36. The van der Waals surface area contributed by atoms with Crippen molar-refractivity contribution in [3.05, 3.63) is 24.3 Å². The van der Waals surface area contributed by atoms with Crippen molar-refractivity contribution >= 4 is 27.1 Å². The number of hydrogen-bond acceptors (Lipinski definition) is 4. The van der Waals surface area contributed by atoms with E-state index in [2.05, 4.69) is 5.32 Å². The second-order valence-electron chi connectivity index (χ2n) is 4.20. The summed E-state index contributed by atoms with van der Waals surface area (Å²) in [5.41, 5.74) is 0.863. The molecule has 1 N–H and O–H groups in total. The number of rotatable bonds is 8. The quantitative estimate of drug-likeness (QED) is 0.750. The van der Waals surface area contributed by atoms with Gasteiger partial charge in [0, 0.05) is 18.7 Å². The van der Waals surface area contributed by atoms with Gasteiger partial charge in [0.15, 0.2) is 9.84 Å². The van der Waals surface area contributed by atoms with E-state index in [9.17, 15) is 8.42 Å². The Morgan fingerprint density at radius 3 is 2.42 bits per heavy atom. The molecule has 0 heterocycles. The number of methoxy groups -OCH3 is 1. The van der Waals surface area contributed by atoms with Crippen LogP contribution in [0.2, 0.25) is 0 Å². The van der Waals surface area contributed by atoms with Gasteiger partial charge in [0.25, 0.3) is 0 Å². The topological polar surface area (TPSA) is 55.4 Å². The molecule has 1 atom stereocenters. The van der Waals surface area contributed by atoms with Crippen LogP contribution < -0.4 is 5.32 Å². The molecule has 0 aromatic heterocycles. The number of benzene rings is 1. The second kappa shape index (κ2) is 7.72. The average molecular weight is 306 g/mol. The highest BCUT2D eigenvalue weighted by molar-refractivity contribution is 7.91. The van der Waals surface area contributed by atoms with Gasteiger partial charge >= 0.3 is 0 Å². The lowest BCUT2D eigenvalue weighted by Gasteiger charge is -2.18. The van der Waals surface area contributed by atoms with Crippen molar-refractivity contribution < 1.29 is 13.2 Å². The molecule has 1 unspecified atom stereocenters. The molecule has 0 aliphatic rings. The molecule has 19 heavy (non-hydrogen) atoms. The largest absolute Gasteiger partial charge is 0.383 e. The number of anilines is 1. The molecule has 6 heteroatoms. The molecule has 0 amide bonds. The van der Waals surface area contributed by atoms with E-state index in [1.54, 1.807) is 38.3 Å². The summed E-state index contributed by atoms with van der Waals surface area (Å²) in [6.45, 7) is 2.19. The summed E-state index contributed by atoms with van der Waals surface area (Å²) >= 11 is 5.73. The highest BCUT2D eigenvalue weighted by atomic mass is 35.5. The number of nitrogens with one attached hydrogen (secondary N) is 1. The maximum Gasteiger partial charge on any atom is 0.178 e. The molecule has 0 aliphatic carbocycles. The first kappa shape index (κ1) is 16.3. The van der Waals surface area contributed by atoms with Gasteiger partial charge in [0.2, 0.25) is 0 Å². The standard InChI is InChI=1S/C13H20ClNO3S/c1-3-19(16,17)13-6-4-11(5-7-13)15-12(8-9-14)10-18-2/h4-7,12,15H,3,8-10H2,1-2H3. The van der Waals surface area contributed by atoms with Crippen LogP contribution in [0.1, 0.15) is 13.3 Å². The summed E-state index contributed by atoms with van der Waals surface area (Å²) in [5, 5.41) is 3.27. The summed E-state index contributed by atoms with van der Waals surface area (Å²) in [5.74, 6) is 0.654. The molecule has 0 fully saturated rings. The third-order valence-electron chi connectivity index (χ3n) is 2.79. The van der Waals surface area contributed by atoms with Gasteiger partial charge in [0.1, 0.15) is 0 Å². The number of hydrogen-bond donors (Lipinski definition) is 1. The van der Waals surface area contributed by atoms with Crippen molar-refractivity contribution in [2.75, 3.05) is 30.7 Å². The minimum atomic E-state index is -3.14. The van der Waals surface area contributed by atoms with E-state index in [1.807, 2.05) is 0 Å². The molecule has 108 valence electrons. The molecule has 1 aromatic carbocycles. The van der Waals surface area contributed by atoms with Crippen LogP contribution in [-0.4, -0.2) is 39.8 Å². The van der Waals surface area contributed by atoms with Gasteiger partial charge in [-0.25, -0.2) is 8.42 Å². The van der Waals surface area contributed by atoms with E-state index >= 15 is 0 Å². The van der Waals surface area contributed by atoms with Gasteiger partial charge in [-0.15, -0.1) is 11.6 Å². The summed E-state index contributed by atoms with van der Waals surface area (Å²) in [6, 6.07) is 6.88. The van der Waals surface area contributed by atoms with Gasteiger partial charge in [-0.3, -0.25) is 0 Å². The maximum absolute atomic E-state index is 11.7. The molecule has 0 aliphatic heterocycles. The fraction of sp³-hybridized carbons (Fsp3) is 0.538. The summed E-state index contributed by atoms with van der Waals surface area (Å²) < 4.78 is 28.5. The molecule has 0 spiro atoms. The molecule has 1 aromatic rings. The first-order valence-electron chi connectivity index (χ1n) is 6.17. The Labute approximate surface area is 120 Å². The Balaban J connectivity index is 2.76. The molecule has 0 bridgehead atoms. The van der Waals surface area contributed by atoms with E-state index in [4.69, 9.17) is 16.3 Å². The van der Waals surface area contributed by atoms with Crippen LogP contribution in [0.5, 0.6) is 0 Å². The van der Waals surface area contributed by atoms with E-state index in [0.717, 1.165) is 12.1 Å². The molecule has 0 radical (unpaired) electrons. The van der Waals surface area contributed by atoms with Gasteiger partial charge in [-0.05, 0) is 30.7 Å². The van der Waals surface area contributed by atoms with Crippen LogP contribution in [-0.2, 0) is 14.6 Å². The van der Waals surface area contributed by atoms with Gasteiger partial charge < -0.3 is 10.1 Å². The lowest BCUT2D eigenvalue weighted by molar-refractivity contribution is 0.184. The van der Waals surface area contributed by atoms with Crippen LogP contribution in [0, 0.1) is 0 Å². The van der Waals surface area contributed by atoms with Crippen molar-refractivity contribution in [2.24, 2.45) is 0 Å². The van der Waals surface area contributed by atoms with Crippen LogP contribution in [0.3, 0.4) is 0 Å². The third kappa shape index (κ3) is 5.01. The van der Waals surface area contributed by atoms with Gasteiger partial charge in [-0.1, -0.05) is 6.92 Å². The van der Waals surface area contributed by atoms with Crippen molar-refractivity contribution in [3.8, 4) is 0 Å². The van der Waals surface area contributed by atoms with E-state index < -0.39 is 9.84 Å². The Morgan fingerprint density at radius 2 is 1.95 bits per heavy atom.